The Balaban J connectivity index is 1.76. The van der Waals surface area contributed by atoms with E-state index in [2.05, 4.69) is 26.9 Å². The fraction of sp³-hybridized carbons (Fsp3) is 0.222. The van der Waals surface area contributed by atoms with Crippen LogP contribution >= 0.6 is 23.4 Å². The molecule has 0 aliphatic rings. The molecular formula is C18H18ClN5OS. The van der Waals surface area contributed by atoms with E-state index >= 15 is 0 Å². The Labute approximate surface area is 160 Å². The summed E-state index contributed by atoms with van der Waals surface area (Å²) in [7, 11) is 0. The first-order valence-electron chi connectivity index (χ1n) is 8.04. The molecule has 8 heteroatoms. The van der Waals surface area contributed by atoms with Gasteiger partial charge < -0.3 is 5.32 Å². The molecule has 0 aliphatic carbocycles. The first-order chi connectivity index (χ1) is 12.5. The molecule has 26 heavy (non-hydrogen) atoms. The Morgan fingerprint density at radius 2 is 2.00 bits per heavy atom. The molecule has 1 heterocycles. The summed E-state index contributed by atoms with van der Waals surface area (Å²) in [5.41, 5.74) is 3.70. The van der Waals surface area contributed by atoms with E-state index in [-0.39, 0.29) is 5.91 Å². The lowest BCUT2D eigenvalue weighted by molar-refractivity contribution is -0.115. The second kappa shape index (κ2) is 7.88. The normalized spacial score (nSPS) is 12.0. The largest absolute Gasteiger partial charge is 0.324 e. The van der Waals surface area contributed by atoms with Crippen LogP contribution in [0.25, 0.3) is 5.69 Å². The van der Waals surface area contributed by atoms with E-state index in [1.807, 2.05) is 38.1 Å². The lowest BCUT2D eigenvalue weighted by atomic mass is 10.1. The maximum atomic E-state index is 12.5. The Hall–Kier alpha value is -2.38. The first kappa shape index (κ1) is 18.4. The van der Waals surface area contributed by atoms with Gasteiger partial charge in [-0.05, 0) is 55.0 Å². The zero-order valence-corrected chi connectivity index (χ0v) is 16.2. The number of carbonyl (C=O) groups is 1. The number of nitrogens with one attached hydrogen (secondary N) is 1. The van der Waals surface area contributed by atoms with Crippen molar-refractivity contribution in [3.05, 3.63) is 58.6 Å². The number of hydrogen-bond donors (Lipinski definition) is 1. The van der Waals surface area contributed by atoms with Crippen molar-refractivity contribution in [1.29, 1.82) is 0 Å². The molecule has 6 nitrogen and oxygen atoms in total. The first-order valence-corrected chi connectivity index (χ1v) is 9.29. The van der Waals surface area contributed by atoms with Crippen molar-refractivity contribution in [2.45, 2.75) is 31.2 Å². The minimum absolute atomic E-state index is 0.168. The van der Waals surface area contributed by atoms with Crippen LogP contribution in [0.5, 0.6) is 0 Å². The Bertz CT molecular complexity index is 943. The van der Waals surface area contributed by atoms with E-state index in [0.717, 1.165) is 11.3 Å². The van der Waals surface area contributed by atoms with Crippen LogP contribution in [0, 0.1) is 13.8 Å². The zero-order chi connectivity index (χ0) is 18.7. The van der Waals surface area contributed by atoms with Gasteiger partial charge >= 0.3 is 0 Å². The molecule has 0 bridgehead atoms. The quantitative estimate of drug-likeness (QED) is 0.668. The van der Waals surface area contributed by atoms with Gasteiger partial charge in [0.2, 0.25) is 11.1 Å². The number of para-hydroxylation sites is 1. The highest BCUT2D eigenvalue weighted by molar-refractivity contribution is 8.00. The van der Waals surface area contributed by atoms with Crippen molar-refractivity contribution in [3.8, 4) is 5.69 Å². The Morgan fingerprint density at radius 1 is 1.23 bits per heavy atom. The molecule has 1 N–H and O–H groups in total. The van der Waals surface area contributed by atoms with Gasteiger partial charge in [-0.3, -0.25) is 4.79 Å². The number of amides is 1. The van der Waals surface area contributed by atoms with Crippen LogP contribution in [0.15, 0.2) is 47.6 Å². The number of carbonyl (C=O) groups excluding carboxylic acids is 1. The third kappa shape index (κ3) is 4.05. The molecule has 1 atom stereocenters. The molecule has 0 aliphatic heterocycles. The molecule has 0 saturated carbocycles. The number of thioether (sulfide) groups is 1. The lowest BCUT2D eigenvalue weighted by Gasteiger charge is -2.13. The fourth-order valence-corrected chi connectivity index (χ4v) is 3.44. The number of aromatic nitrogens is 4. The highest BCUT2D eigenvalue weighted by Crippen LogP contribution is 2.27. The topological polar surface area (TPSA) is 72.7 Å². The number of aryl methyl sites for hydroxylation is 2. The molecule has 0 saturated heterocycles. The molecule has 2 aromatic carbocycles. The minimum atomic E-state index is -0.401. The molecule has 0 spiro atoms. The second-order valence-corrected chi connectivity index (χ2v) is 7.61. The molecular weight excluding hydrogens is 370 g/mol. The summed E-state index contributed by atoms with van der Waals surface area (Å²) < 4.78 is 1.65. The summed E-state index contributed by atoms with van der Waals surface area (Å²) in [6, 6.07) is 13.2. The summed E-state index contributed by atoms with van der Waals surface area (Å²) in [6.45, 7) is 5.84. The second-order valence-electron chi connectivity index (χ2n) is 5.89. The monoisotopic (exact) mass is 387 g/mol. The maximum Gasteiger partial charge on any atom is 0.237 e. The third-order valence-corrected chi connectivity index (χ3v) is 5.17. The van der Waals surface area contributed by atoms with Crippen LogP contribution in [0.1, 0.15) is 18.1 Å². The van der Waals surface area contributed by atoms with Gasteiger partial charge in [0, 0.05) is 0 Å². The Kier molecular flexibility index (Phi) is 5.58. The predicted molar refractivity (Wildman–Crippen MR) is 104 cm³/mol. The molecule has 3 rings (SSSR count). The van der Waals surface area contributed by atoms with Gasteiger partial charge in [0.25, 0.3) is 0 Å². The van der Waals surface area contributed by atoms with E-state index in [9.17, 15) is 4.79 Å². The smallest absolute Gasteiger partial charge is 0.237 e. The van der Waals surface area contributed by atoms with E-state index in [0.29, 0.717) is 15.9 Å². The predicted octanol–water partition coefficient (Wildman–Crippen LogP) is 4.05. The van der Waals surface area contributed by atoms with Gasteiger partial charge in [0.1, 0.15) is 0 Å². The van der Waals surface area contributed by atoms with Crippen molar-refractivity contribution in [3.63, 3.8) is 0 Å². The van der Waals surface area contributed by atoms with Crippen molar-refractivity contribution < 1.29 is 4.79 Å². The number of tetrazole rings is 1. The van der Waals surface area contributed by atoms with Gasteiger partial charge in [-0.1, -0.05) is 53.2 Å². The van der Waals surface area contributed by atoms with Gasteiger partial charge in [0.05, 0.1) is 21.6 Å². The zero-order valence-electron chi connectivity index (χ0n) is 14.6. The van der Waals surface area contributed by atoms with Crippen LogP contribution < -0.4 is 5.32 Å². The fourth-order valence-electron chi connectivity index (χ4n) is 2.46. The van der Waals surface area contributed by atoms with Crippen LogP contribution in [-0.2, 0) is 4.79 Å². The van der Waals surface area contributed by atoms with E-state index in [1.165, 1.54) is 17.3 Å². The number of halogens is 1. The highest BCUT2D eigenvalue weighted by Gasteiger charge is 2.20. The van der Waals surface area contributed by atoms with Crippen molar-refractivity contribution in [2.75, 3.05) is 5.32 Å². The van der Waals surface area contributed by atoms with Crippen molar-refractivity contribution in [1.82, 2.24) is 20.2 Å². The number of rotatable bonds is 5. The summed E-state index contributed by atoms with van der Waals surface area (Å²) >= 11 is 7.38. The van der Waals surface area contributed by atoms with Crippen LogP contribution in [0.4, 0.5) is 5.69 Å². The van der Waals surface area contributed by atoms with E-state index in [4.69, 9.17) is 11.6 Å². The standard InChI is InChI=1S/C18H18ClN5OS/c1-11-8-9-16(12(2)10-11)24-18(21-22-23-24)26-13(3)17(25)20-15-7-5-4-6-14(15)19/h4-10,13H,1-3H3,(H,20,25)/t13-/m1/s1. The summed E-state index contributed by atoms with van der Waals surface area (Å²) in [4.78, 5) is 12.5. The number of hydrogen-bond acceptors (Lipinski definition) is 5. The molecule has 0 fully saturated rings. The van der Waals surface area contributed by atoms with Crippen molar-refractivity contribution >= 4 is 35.0 Å². The number of nitrogens with zero attached hydrogens (tertiary/aromatic N) is 4. The van der Waals surface area contributed by atoms with Crippen molar-refractivity contribution in [2.24, 2.45) is 0 Å². The maximum absolute atomic E-state index is 12.5. The Morgan fingerprint density at radius 3 is 2.73 bits per heavy atom. The molecule has 3 aromatic rings. The summed E-state index contributed by atoms with van der Waals surface area (Å²) in [6.07, 6.45) is 0. The SMILES string of the molecule is Cc1ccc(-n2nnnc2S[C@H](C)C(=O)Nc2ccccc2Cl)c(C)c1. The molecule has 1 amide bonds. The van der Waals surface area contributed by atoms with Gasteiger partial charge in [-0.15, -0.1) is 5.10 Å². The average Bonchev–Trinajstić information content (AvgIpc) is 3.04. The van der Waals surface area contributed by atoms with Crippen LogP contribution in [-0.4, -0.2) is 31.4 Å². The molecule has 0 radical (unpaired) electrons. The lowest BCUT2D eigenvalue weighted by Crippen LogP contribution is -2.23. The number of benzene rings is 2. The van der Waals surface area contributed by atoms with E-state index < -0.39 is 5.25 Å². The average molecular weight is 388 g/mol. The summed E-state index contributed by atoms with van der Waals surface area (Å²) in [5.74, 6) is -0.168. The summed E-state index contributed by atoms with van der Waals surface area (Å²) in [5, 5.41) is 15.4. The van der Waals surface area contributed by atoms with Gasteiger partial charge in [0.15, 0.2) is 0 Å². The minimum Gasteiger partial charge on any atom is -0.324 e. The molecule has 0 unspecified atom stereocenters. The highest BCUT2D eigenvalue weighted by atomic mass is 35.5. The van der Waals surface area contributed by atoms with Crippen LogP contribution in [0.3, 0.4) is 0 Å². The molecule has 134 valence electrons. The van der Waals surface area contributed by atoms with E-state index in [1.54, 1.807) is 23.7 Å². The molecule has 1 aromatic heterocycles. The third-order valence-electron chi connectivity index (χ3n) is 3.80. The van der Waals surface area contributed by atoms with Gasteiger partial charge in [-0.2, -0.15) is 4.68 Å². The number of anilines is 1. The van der Waals surface area contributed by atoms with Crippen LogP contribution in [0.2, 0.25) is 5.02 Å². The van der Waals surface area contributed by atoms with Gasteiger partial charge in [-0.25, -0.2) is 0 Å².